The maximum atomic E-state index is 6.34. The van der Waals surface area contributed by atoms with Crippen molar-refractivity contribution in [2.24, 2.45) is 5.73 Å². The van der Waals surface area contributed by atoms with Crippen LogP contribution in [0.5, 0.6) is 0 Å². The molecule has 1 atom stereocenters. The van der Waals surface area contributed by atoms with Crippen molar-refractivity contribution in [2.75, 3.05) is 0 Å². The molecule has 0 aromatic carbocycles. The minimum absolute atomic E-state index is 0.130. The average Bonchev–Trinajstić information content (AvgIpc) is 2.82. The van der Waals surface area contributed by atoms with E-state index < -0.39 is 0 Å². The average molecular weight is 259 g/mol. The number of fused-ring (bicyclic) bond motifs is 1. The molecule has 0 saturated carbocycles. The maximum absolute atomic E-state index is 6.34. The number of pyridine rings is 1. The minimum atomic E-state index is -0.130. The Morgan fingerprint density at radius 3 is 2.94 bits per heavy atom. The fourth-order valence-corrected chi connectivity index (χ4v) is 3.61. The van der Waals surface area contributed by atoms with Crippen LogP contribution in [0.25, 0.3) is 0 Å². The van der Waals surface area contributed by atoms with Gasteiger partial charge < -0.3 is 5.73 Å². The summed E-state index contributed by atoms with van der Waals surface area (Å²) in [5, 5.41) is 1.04. The molecule has 0 spiro atoms. The lowest BCUT2D eigenvalue weighted by Gasteiger charge is -2.10. The van der Waals surface area contributed by atoms with Crippen molar-refractivity contribution in [3.05, 3.63) is 45.2 Å². The Hall–Kier alpha value is -1.26. The van der Waals surface area contributed by atoms with Crippen molar-refractivity contribution in [1.29, 1.82) is 0 Å². The first-order valence-electron chi connectivity index (χ1n) is 6.40. The molecule has 0 fully saturated rings. The molecule has 0 amide bonds. The van der Waals surface area contributed by atoms with Gasteiger partial charge in [-0.2, -0.15) is 0 Å². The van der Waals surface area contributed by atoms with Crippen LogP contribution < -0.4 is 5.73 Å². The summed E-state index contributed by atoms with van der Waals surface area (Å²) in [6.45, 7) is 2.07. The number of hydrogen-bond acceptors (Lipinski definition) is 4. The van der Waals surface area contributed by atoms with Crippen molar-refractivity contribution in [3.63, 3.8) is 0 Å². The van der Waals surface area contributed by atoms with Crippen LogP contribution in [0.4, 0.5) is 0 Å². The summed E-state index contributed by atoms with van der Waals surface area (Å²) in [7, 11) is 0. The highest BCUT2D eigenvalue weighted by Crippen LogP contribution is 2.31. The van der Waals surface area contributed by atoms with Gasteiger partial charge in [0, 0.05) is 17.3 Å². The van der Waals surface area contributed by atoms with Gasteiger partial charge in [0.05, 0.1) is 11.7 Å². The lowest BCUT2D eigenvalue weighted by molar-refractivity contribution is 0.678. The molecule has 1 aliphatic rings. The molecule has 0 aliphatic heterocycles. The third-order valence-electron chi connectivity index (χ3n) is 3.54. The van der Waals surface area contributed by atoms with E-state index >= 15 is 0 Å². The highest BCUT2D eigenvalue weighted by atomic mass is 32.1. The number of thiazole rings is 1. The van der Waals surface area contributed by atoms with Gasteiger partial charge in [-0.1, -0.05) is 0 Å². The van der Waals surface area contributed by atoms with Gasteiger partial charge in [-0.25, -0.2) is 4.98 Å². The van der Waals surface area contributed by atoms with Crippen molar-refractivity contribution >= 4 is 11.3 Å². The first kappa shape index (κ1) is 11.8. The normalized spacial score (nSPS) is 16.3. The van der Waals surface area contributed by atoms with Crippen LogP contribution in [0.3, 0.4) is 0 Å². The van der Waals surface area contributed by atoms with E-state index in [4.69, 9.17) is 10.7 Å². The Bertz CT molecular complexity index is 538. The highest BCUT2D eigenvalue weighted by molar-refractivity contribution is 7.11. The van der Waals surface area contributed by atoms with Crippen molar-refractivity contribution < 1.29 is 0 Å². The summed E-state index contributed by atoms with van der Waals surface area (Å²) < 4.78 is 0. The first-order valence-corrected chi connectivity index (χ1v) is 7.22. The molecule has 94 valence electrons. The highest BCUT2D eigenvalue weighted by Gasteiger charge is 2.20. The lowest BCUT2D eigenvalue weighted by Crippen LogP contribution is -2.13. The van der Waals surface area contributed by atoms with Crippen LogP contribution >= 0.6 is 11.3 Å². The molecule has 2 heterocycles. The summed E-state index contributed by atoms with van der Waals surface area (Å²) >= 11 is 1.78. The fourth-order valence-electron chi connectivity index (χ4n) is 2.44. The summed E-state index contributed by atoms with van der Waals surface area (Å²) in [5.41, 5.74) is 9.89. The molecular weight excluding hydrogens is 242 g/mol. The summed E-state index contributed by atoms with van der Waals surface area (Å²) in [6.07, 6.45) is 8.50. The topological polar surface area (TPSA) is 51.8 Å². The van der Waals surface area contributed by atoms with Crippen LogP contribution in [0, 0.1) is 6.92 Å². The standard InChI is InChI=1S/C14H17N3S/c1-9-6-7-16-8-10(9)13(15)14-17-11-4-2-3-5-12(11)18-14/h6-8,13H,2-5,15H2,1H3. The van der Waals surface area contributed by atoms with E-state index in [1.54, 1.807) is 17.5 Å². The Morgan fingerprint density at radius 1 is 1.33 bits per heavy atom. The molecule has 18 heavy (non-hydrogen) atoms. The van der Waals surface area contributed by atoms with E-state index in [1.165, 1.54) is 35.4 Å². The van der Waals surface area contributed by atoms with Crippen molar-refractivity contribution in [3.8, 4) is 0 Å². The van der Waals surface area contributed by atoms with Gasteiger partial charge in [-0.3, -0.25) is 4.98 Å². The largest absolute Gasteiger partial charge is 0.318 e. The quantitative estimate of drug-likeness (QED) is 0.902. The molecule has 1 unspecified atom stereocenters. The van der Waals surface area contributed by atoms with Gasteiger partial charge in [-0.15, -0.1) is 11.3 Å². The van der Waals surface area contributed by atoms with Crippen LogP contribution in [0.1, 0.15) is 45.6 Å². The second-order valence-electron chi connectivity index (χ2n) is 4.84. The molecule has 3 nitrogen and oxygen atoms in total. The minimum Gasteiger partial charge on any atom is -0.318 e. The van der Waals surface area contributed by atoms with E-state index in [-0.39, 0.29) is 6.04 Å². The van der Waals surface area contributed by atoms with E-state index in [0.717, 1.165) is 17.0 Å². The van der Waals surface area contributed by atoms with E-state index in [0.29, 0.717) is 0 Å². The molecule has 0 saturated heterocycles. The Morgan fingerprint density at radius 2 is 2.17 bits per heavy atom. The zero-order chi connectivity index (χ0) is 12.5. The van der Waals surface area contributed by atoms with Crippen LogP contribution in [0.15, 0.2) is 18.5 Å². The van der Waals surface area contributed by atoms with Gasteiger partial charge in [0.25, 0.3) is 0 Å². The molecule has 2 aromatic heterocycles. The Balaban J connectivity index is 1.95. The third-order valence-corrected chi connectivity index (χ3v) is 4.78. The second kappa shape index (κ2) is 4.78. The number of hydrogen-bond donors (Lipinski definition) is 1. The van der Waals surface area contributed by atoms with Crippen molar-refractivity contribution in [1.82, 2.24) is 9.97 Å². The molecule has 1 aliphatic carbocycles. The Kier molecular flexibility index (Phi) is 3.14. The maximum Gasteiger partial charge on any atom is 0.115 e. The molecule has 2 aromatic rings. The molecule has 0 bridgehead atoms. The van der Waals surface area contributed by atoms with Gasteiger partial charge in [0.1, 0.15) is 5.01 Å². The van der Waals surface area contributed by atoms with Gasteiger partial charge in [0.2, 0.25) is 0 Å². The van der Waals surface area contributed by atoms with Gasteiger partial charge in [-0.05, 0) is 49.8 Å². The number of aromatic nitrogens is 2. The molecule has 2 N–H and O–H groups in total. The second-order valence-corrected chi connectivity index (χ2v) is 5.95. The first-order chi connectivity index (χ1) is 8.75. The zero-order valence-corrected chi connectivity index (χ0v) is 11.3. The van der Waals surface area contributed by atoms with E-state index in [9.17, 15) is 0 Å². The number of aryl methyl sites for hydroxylation is 3. The molecule has 4 heteroatoms. The van der Waals surface area contributed by atoms with E-state index in [2.05, 4.69) is 11.9 Å². The van der Waals surface area contributed by atoms with Crippen LogP contribution in [0.2, 0.25) is 0 Å². The monoisotopic (exact) mass is 259 g/mol. The predicted molar refractivity (Wildman–Crippen MR) is 73.8 cm³/mol. The fraction of sp³-hybridized carbons (Fsp3) is 0.429. The summed E-state index contributed by atoms with van der Waals surface area (Å²) in [6, 6.07) is 1.87. The van der Waals surface area contributed by atoms with Crippen LogP contribution in [-0.4, -0.2) is 9.97 Å². The van der Waals surface area contributed by atoms with Gasteiger partial charge >= 0.3 is 0 Å². The summed E-state index contributed by atoms with van der Waals surface area (Å²) in [5.74, 6) is 0. The number of rotatable bonds is 2. The molecular formula is C14H17N3S. The van der Waals surface area contributed by atoms with Crippen LogP contribution in [-0.2, 0) is 12.8 Å². The molecule has 3 rings (SSSR count). The van der Waals surface area contributed by atoms with E-state index in [1.807, 2.05) is 12.3 Å². The van der Waals surface area contributed by atoms with Crippen molar-refractivity contribution in [2.45, 2.75) is 38.6 Å². The Labute approximate surface area is 111 Å². The zero-order valence-electron chi connectivity index (χ0n) is 10.5. The smallest absolute Gasteiger partial charge is 0.115 e. The predicted octanol–water partition coefficient (Wildman–Crippen LogP) is 2.77. The SMILES string of the molecule is Cc1ccncc1C(N)c1nc2c(s1)CCCC2. The van der Waals surface area contributed by atoms with Gasteiger partial charge in [0.15, 0.2) is 0 Å². The number of nitrogens with zero attached hydrogens (tertiary/aromatic N) is 2. The number of nitrogens with two attached hydrogens (primary N) is 1. The summed E-state index contributed by atoms with van der Waals surface area (Å²) in [4.78, 5) is 10.3. The lowest BCUT2D eigenvalue weighted by atomic mass is 10.0. The third kappa shape index (κ3) is 2.06. The molecule has 0 radical (unpaired) electrons.